The van der Waals surface area contributed by atoms with Crippen molar-refractivity contribution in [2.75, 3.05) is 10.6 Å². The summed E-state index contributed by atoms with van der Waals surface area (Å²) in [7, 11) is 0. The van der Waals surface area contributed by atoms with Gasteiger partial charge in [0.15, 0.2) is 5.78 Å². The predicted molar refractivity (Wildman–Crippen MR) is 106 cm³/mol. The standard InChI is InChI=1S/C21H22N4O/c1-13-7-5-10-19(15(13)3)24-20-11-14(2)22-21(25-20)23-18-9-6-8-17(12-18)16(4)26/h5-12H,1-4H3,(H2,22,23,24,25). The fourth-order valence-corrected chi connectivity index (χ4v) is 2.66. The van der Waals surface area contributed by atoms with Gasteiger partial charge in [-0.15, -0.1) is 0 Å². The summed E-state index contributed by atoms with van der Waals surface area (Å²) in [5, 5.41) is 6.54. The Hall–Kier alpha value is -3.21. The Balaban J connectivity index is 1.87. The maximum Gasteiger partial charge on any atom is 0.229 e. The number of Topliss-reactive ketones (excluding diaryl/α,β-unsaturated/α-hetero) is 1. The number of carbonyl (C=O) groups is 1. The molecule has 5 heteroatoms. The number of aryl methyl sites for hydroxylation is 2. The van der Waals surface area contributed by atoms with Crippen molar-refractivity contribution in [2.24, 2.45) is 0 Å². The first kappa shape index (κ1) is 17.6. The highest BCUT2D eigenvalue weighted by Crippen LogP contribution is 2.23. The molecular formula is C21H22N4O. The lowest BCUT2D eigenvalue weighted by molar-refractivity contribution is 0.101. The van der Waals surface area contributed by atoms with Gasteiger partial charge in [-0.2, -0.15) is 4.98 Å². The van der Waals surface area contributed by atoms with Crippen molar-refractivity contribution in [1.29, 1.82) is 0 Å². The van der Waals surface area contributed by atoms with E-state index >= 15 is 0 Å². The molecule has 132 valence electrons. The van der Waals surface area contributed by atoms with Crippen LogP contribution in [0.5, 0.6) is 0 Å². The average molecular weight is 346 g/mol. The van der Waals surface area contributed by atoms with Crippen molar-refractivity contribution in [3.63, 3.8) is 0 Å². The highest BCUT2D eigenvalue weighted by molar-refractivity contribution is 5.95. The molecule has 0 spiro atoms. The van der Waals surface area contributed by atoms with Crippen LogP contribution in [0.1, 0.15) is 34.1 Å². The largest absolute Gasteiger partial charge is 0.340 e. The molecule has 2 aromatic carbocycles. The fraction of sp³-hybridized carbons (Fsp3) is 0.190. The minimum Gasteiger partial charge on any atom is -0.340 e. The molecule has 1 heterocycles. The van der Waals surface area contributed by atoms with Crippen LogP contribution in [0.15, 0.2) is 48.5 Å². The first-order valence-corrected chi connectivity index (χ1v) is 8.49. The van der Waals surface area contributed by atoms with Crippen LogP contribution in [0.25, 0.3) is 0 Å². The number of hydrogen-bond acceptors (Lipinski definition) is 5. The third-order valence-electron chi connectivity index (χ3n) is 4.25. The molecular weight excluding hydrogens is 324 g/mol. The molecule has 2 N–H and O–H groups in total. The van der Waals surface area contributed by atoms with E-state index in [9.17, 15) is 4.79 Å². The number of carbonyl (C=O) groups excluding carboxylic acids is 1. The van der Waals surface area contributed by atoms with Gasteiger partial charge in [0.25, 0.3) is 0 Å². The smallest absolute Gasteiger partial charge is 0.229 e. The lowest BCUT2D eigenvalue weighted by atomic mass is 10.1. The zero-order chi connectivity index (χ0) is 18.7. The van der Waals surface area contributed by atoms with Crippen molar-refractivity contribution in [2.45, 2.75) is 27.7 Å². The van der Waals surface area contributed by atoms with E-state index in [1.807, 2.05) is 37.3 Å². The monoisotopic (exact) mass is 346 g/mol. The van der Waals surface area contributed by atoms with E-state index < -0.39 is 0 Å². The molecule has 0 aliphatic heterocycles. The van der Waals surface area contributed by atoms with E-state index in [-0.39, 0.29) is 5.78 Å². The SMILES string of the molecule is CC(=O)c1cccc(Nc2nc(C)cc(Nc3cccc(C)c3C)n2)c1. The summed E-state index contributed by atoms with van der Waals surface area (Å²) in [6.45, 7) is 7.64. The quantitative estimate of drug-likeness (QED) is 0.630. The zero-order valence-electron chi connectivity index (χ0n) is 15.4. The van der Waals surface area contributed by atoms with E-state index in [0.717, 1.165) is 22.9 Å². The number of ketones is 1. The van der Waals surface area contributed by atoms with E-state index in [0.29, 0.717) is 11.5 Å². The highest BCUT2D eigenvalue weighted by Gasteiger charge is 2.07. The molecule has 0 atom stereocenters. The summed E-state index contributed by atoms with van der Waals surface area (Å²) in [5.41, 5.74) is 5.70. The van der Waals surface area contributed by atoms with Gasteiger partial charge in [-0.25, -0.2) is 4.98 Å². The summed E-state index contributed by atoms with van der Waals surface area (Å²) in [6.07, 6.45) is 0. The molecule has 0 saturated carbocycles. The van der Waals surface area contributed by atoms with Gasteiger partial charge >= 0.3 is 0 Å². The zero-order valence-corrected chi connectivity index (χ0v) is 15.4. The van der Waals surface area contributed by atoms with Crippen molar-refractivity contribution in [3.05, 3.63) is 70.9 Å². The van der Waals surface area contributed by atoms with Crippen LogP contribution in [0.4, 0.5) is 23.1 Å². The molecule has 0 fully saturated rings. The fourth-order valence-electron chi connectivity index (χ4n) is 2.66. The number of anilines is 4. The third kappa shape index (κ3) is 4.06. The summed E-state index contributed by atoms with van der Waals surface area (Å²) in [6, 6.07) is 15.3. The third-order valence-corrected chi connectivity index (χ3v) is 4.25. The molecule has 3 aromatic rings. The molecule has 5 nitrogen and oxygen atoms in total. The Bertz CT molecular complexity index is 966. The van der Waals surface area contributed by atoms with Gasteiger partial charge in [0.1, 0.15) is 5.82 Å². The van der Waals surface area contributed by atoms with Gasteiger partial charge in [-0.05, 0) is 57.0 Å². The molecule has 0 aliphatic rings. The van der Waals surface area contributed by atoms with Crippen molar-refractivity contribution in [3.8, 4) is 0 Å². The minimum absolute atomic E-state index is 0.0242. The van der Waals surface area contributed by atoms with Gasteiger partial charge in [-0.3, -0.25) is 4.79 Å². The second-order valence-corrected chi connectivity index (χ2v) is 6.35. The first-order chi connectivity index (χ1) is 12.4. The lowest BCUT2D eigenvalue weighted by Gasteiger charge is -2.13. The van der Waals surface area contributed by atoms with E-state index in [1.165, 1.54) is 11.1 Å². The van der Waals surface area contributed by atoms with Crippen LogP contribution in [0.3, 0.4) is 0 Å². The highest BCUT2D eigenvalue weighted by atomic mass is 16.1. The summed E-state index contributed by atoms with van der Waals surface area (Å²) >= 11 is 0. The van der Waals surface area contributed by atoms with E-state index in [4.69, 9.17) is 0 Å². The number of rotatable bonds is 5. The second kappa shape index (κ2) is 7.35. The van der Waals surface area contributed by atoms with Crippen LogP contribution < -0.4 is 10.6 Å². The molecule has 0 bridgehead atoms. The normalized spacial score (nSPS) is 10.5. The van der Waals surface area contributed by atoms with Gasteiger partial charge in [0, 0.05) is 28.7 Å². The number of aromatic nitrogens is 2. The molecule has 0 unspecified atom stereocenters. The number of nitrogens with one attached hydrogen (secondary N) is 2. The van der Waals surface area contributed by atoms with Crippen LogP contribution in [-0.2, 0) is 0 Å². The minimum atomic E-state index is 0.0242. The Morgan fingerprint density at radius 3 is 2.46 bits per heavy atom. The topological polar surface area (TPSA) is 66.9 Å². The van der Waals surface area contributed by atoms with Crippen LogP contribution in [0.2, 0.25) is 0 Å². The molecule has 26 heavy (non-hydrogen) atoms. The number of hydrogen-bond donors (Lipinski definition) is 2. The Labute approximate surface area is 153 Å². The second-order valence-electron chi connectivity index (χ2n) is 6.35. The molecule has 1 aromatic heterocycles. The molecule has 3 rings (SSSR count). The Morgan fingerprint density at radius 1 is 0.923 bits per heavy atom. The summed E-state index contributed by atoms with van der Waals surface area (Å²) in [4.78, 5) is 20.5. The predicted octanol–water partition coefficient (Wildman–Crippen LogP) is 5.09. The van der Waals surface area contributed by atoms with Gasteiger partial charge in [0.2, 0.25) is 5.95 Å². The molecule has 0 radical (unpaired) electrons. The molecule has 0 aliphatic carbocycles. The Morgan fingerprint density at radius 2 is 1.69 bits per heavy atom. The van der Waals surface area contributed by atoms with Crippen LogP contribution in [-0.4, -0.2) is 15.8 Å². The van der Waals surface area contributed by atoms with Gasteiger partial charge in [0.05, 0.1) is 0 Å². The van der Waals surface area contributed by atoms with E-state index in [2.05, 4.69) is 40.5 Å². The number of nitrogens with zero attached hydrogens (tertiary/aromatic N) is 2. The van der Waals surface area contributed by atoms with Crippen LogP contribution >= 0.6 is 0 Å². The number of benzene rings is 2. The Kier molecular flexibility index (Phi) is 4.98. The van der Waals surface area contributed by atoms with E-state index in [1.54, 1.807) is 19.1 Å². The van der Waals surface area contributed by atoms with Gasteiger partial charge in [-0.1, -0.05) is 24.3 Å². The van der Waals surface area contributed by atoms with Crippen molar-refractivity contribution in [1.82, 2.24) is 9.97 Å². The van der Waals surface area contributed by atoms with Crippen LogP contribution in [0, 0.1) is 20.8 Å². The summed E-state index contributed by atoms with van der Waals surface area (Å²) in [5.74, 6) is 1.23. The lowest BCUT2D eigenvalue weighted by Crippen LogP contribution is -2.04. The van der Waals surface area contributed by atoms with Crippen molar-refractivity contribution >= 4 is 28.9 Å². The first-order valence-electron chi connectivity index (χ1n) is 8.49. The van der Waals surface area contributed by atoms with Gasteiger partial charge < -0.3 is 10.6 Å². The molecule has 0 amide bonds. The summed E-state index contributed by atoms with van der Waals surface area (Å²) < 4.78 is 0. The molecule has 0 saturated heterocycles. The maximum absolute atomic E-state index is 11.6. The van der Waals surface area contributed by atoms with Crippen molar-refractivity contribution < 1.29 is 4.79 Å². The maximum atomic E-state index is 11.6. The average Bonchev–Trinajstić information content (AvgIpc) is 2.59.